The Morgan fingerprint density at radius 2 is 0.683 bits per heavy atom. The second-order valence-electron chi connectivity index (χ2n) is 15.1. The zero-order valence-corrected chi connectivity index (χ0v) is 38.2. The molecule has 0 fully saturated rings. The summed E-state index contributed by atoms with van der Waals surface area (Å²) in [4.78, 5) is 37.8. The summed E-state index contributed by atoms with van der Waals surface area (Å²) in [6, 6.07) is 0. The first-order valence-electron chi connectivity index (χ1n) is 23.7. The SMILES string of the molecule is CC/C=C/C=C/C=C/C=C/C=C/CCCC(=O)OC(COC(=O)CCCCC/C=C/C=C/C=C/C=C/CC)COC(=O)CCCCCCC/C=C/CCCCCCCCC. The van der Waals surface area contributed by atoms with Crippen LogP contribution in [0.3, 0.4) is 0 Å². The topological polar surface area (TPSA) is 78.9 Å². The van der Waals surface area contributed by atoms with Crippen LogP contribution in [0.5, 0.6) is 0 Å². The van der Waals surface area contributed by atoms with Gasteiger partial charge in [-0.25, -0.2) is 0 Å². The Morgan fingerprint density at radius 1 is 0.350 bits per heavy atom. The number of rotatable bonds is 40. The van der Waals surface area contributed by atoms with Crippen LogP contribution < -0.4 is 0 Å². The Labute approximate surface area is 367 Å². The standard InChI is InChI=1S/C54H84O6/c1-4-7-10-13-16-19-22-25-26-27-30-32-35-38-41-44-47-53(56)59-50-51(60-54(57)48-45-42-39-36-33-29-24-21-18-15-12-9-6-3)49-58-52(55)46-43-40-37-34-31-28-23-20-17-14-11-8-5-2/h8-9,11-12,14-15,17-18,20-21,23-24,26-29,31,33,36,39,51H,4-7,10,13,16,19,22,25,30,32,34-35,37-38,40-50H2,1-3H3/b11-8+,12-9+,17-14+,18-15+,23-20+,24-21+,27-26+,31-28+,33-29+,39-36+. The van der Waals surface area contributed by atoms with Crippen LogP contribution in [-0.2, 0) is 28.6 Å². The number of hydrogen-bond acceptors (Lipinski definition) is 6. The molecule has 0 rings (SSSR count). The summed E-state index contributed by atoms with van der Waals surface area (Å²) in [5, 5.41) is 0. The molecule has 0 bridgehead atoms. The third-order valence-corrected chi connectivity index (χ3v) is 9.40. The van der Waals surface area contributed by atoms with E-state index in [1.165, 1.54) is 57.8 Å². The van der Waals surface area contributed by atoms with Gasteiger partial charge in [-0.15, -0.1) is 0 Å². The summed E-state index contributed by atoms with van der Waals surface area (Å²) >= 11 is 0. The molecule has 0 spiro atoms. The van der Waals surface area contributed by atoms with Crippen molar-refractivity contribution in [3.05, 3.63) is 122 Å². The van der Waals surface area contributed by atoms with Crippen molar-refractivity contribution in [2.75, 3.05) is 13.2 Å². The number of ether oxygens (including phenoxy) is 3. The molecule has 6 heteroatoms. The first kappa shape index (κ1) is 55.8. The van der Waals surface area contributed by atoms with Gasteiger partial charge in [-0.05, 0) is 77.0 Å². The lowest BCUT2D eigenvalue weighted by molar-refractivity contribution is -0.167. The minimum Gasteiger partial charge on any atom is -0.462 e. The molecule has 0 aromatic rings. The van der Waals surface area contributed by atoms with Crippen molar-refractivity contribution < 1.29 is 28.6 Å². The number of carbonyl (C=O) groups is 3. The van der Waals surface area contributed by atoms with Crippen LogP contribution in [0.2, 0.25) is 0 Å². The first-order valence-corrected chi connectivity index (χ1v) is 23.7. The quantitative estimate of drug-likeness (QED) is 0.0201. The minimum atomic E-state index is -0.836. The Hall–Kier alpha value is -4.19. The molecule has 1 atom stereocenters. The van der Waals surface area contributed by atoms with Crippen LogP contribution in [0.1, 0.15) is 181 Å². The van der Waals surface area contributed by atoms with Crippen LogP contribution in [0.4, 0.5) is 0 Å². The van der Waals surface area contributed by atoms with Gasteiger partial charge in [-0.1, -0.05) is 206 Å². The lowest BCUT2D eigenvalue weighted by atomic mass is 10.1. The molecule has 0 aromatic heterocycles. The van der Waals surface area contributed by atoms with E-state index in [2.05, 4.69) is 51.2 Å². The van der Waals surface area contributed by atoms with Crippen molar-refractivity contribution >= 4 is 17.9 Å². The summed E-state index contributed by atoms with van der Waals surface area (Å²) in [6.45, 7) is 6.21. The van der Waals surface area contributed by atoms with E-state index in [4.69, 9.17) is 14.2 Å². The van der Waals surface area contributed by atoms with Crippen LogP contribution in [0, 0.1) is 0 Å². The van der Waals surface area contributed by atoms with E-state index in [9.17, 15) is 14.4 Å². The van der Waals surface area contributed by atoms with Crippen LogP contribution >= 0.6 is 0 Å². The van der Waals surface area contributed by atoms with E-state index in [0.717, 1.165) is 77.0 Å². The maximum atomic E-state index is 12.7. The predicted molar refractivity (Wildman–Crippen MR) is 256 cm³/mol. The first-order chi connectivity index (χ1) is 29.5. The predicted octanol–water partition coefficient (Wildman–Crippen LogP) is 15.4. The van der Waals surface area contributed by atoms with Crippen molar-refractivity contribution in [2.24, 2.45) is 0 Å². The zero-order chi connectivity index (χ0) is 43.7. The Morgan fingerprint density at radius 3 is 1.13 bits per heavy atom. The van der Waals surface area contributed by atoms with Crippen molar-refractivity contribution in [2.45, 2.75) is 187 Å². The van der Waals surface area contributed by atoms with E-state index in [-0.39, 0.29) is 31.6 Å². The molecular weight excluding hydrogens is 745 g/mol. The molecule has 0 aromatic carbocycles. The number of carbonyl (C=O) groups excluding carboxylic acids is 3. The molecule has 1 unspecified atom stereocenters. The summed E-state index contributed by atoms with van der Waals surface area (Å²) in [5.74, 6) is -1.06. The Kier molecular flexibility index (Phi) is 44.2. The van der Waals surface area contributed by atoms with Gasteiger partial charge in [-0.3, -0.25) is 14.4 Å². The monoisotopic (exact) mass is 829 g/mol. The highest BCUT2D eigenvalue weighted by atomic mass is 16.6. The third kappa shape index (κ3) is 44.9. The smallest absolute Gasteiger partial charge is 0.306 e. The largest absolute Gasteiger partial charge is 0.462 e. The van der Waals surface area contributed by atoms with Crippen LogP contribution in [0.15, 0.2) is 122 Å². The summed E-state index contributed by atoms with van der Waals surface area (Å²) in [5.41, 5.74) is 0. The van der Waals surface area contributed by atoms with Gasteiger partial charge < -0.3 is 14.2 Å². The highest BCUT2D eigenvalue weighted by Gasteiger charge is 2.19. The minimum absolute atomic E-state index is 0.128. The van der Waals surface area contributed by atoms with Crippen LogP contribution in [0.25, 0.3) is 0 Å². The van der Waals surface area contributed by atoms with Gasteiger partial charge in [0.2, 0.25) is 0 Å². The fourth-order valence-electron chi connectivity index (χ4n) is 5.89. The maximum absolute atomic E-state index is 12.7. The van der Waals surface area contributed by atoms with Crippen molar-refractivity contribution in [3.8, 4) is 0 Å². The van der Waals surface area contributed by atoms with Gasteiger partial charge in [0.1, 0.15) is 13.2 Å². The lowest BCUT2D eigenvalue weighted by Crippen LogP contribution is -2.30. The van der Waals surface area contributed by atoms with Crippen molar-refractivity contribution in [1.82, 2.24) is 0 Å². The molecule has 0 saturated heterocycles. The second-order valence-corrected chi connectivity index (χ2v) is 15.1. The highest BCUT2D eigenvalue weighted by Crippen LogP contribution is 2.12. The molecule has 0 aliphatic rings. The molecule has 336 valence electrons. The molecule has 0 amide bonds. The van der Waals surface area contributed by atoms with E-state index >= 15 is 0 Å². The zero-order valence-electron chi connectivity index (χ0n) is 38.2. The number of unbranched alkanes of at least 4 members (excludes halogenated alkanes) is 16. The molecule has 0 radical (unpaired) electrons. The Bertz CT molecular complexity index is 1320. The molecule has 0 aliphatic heterocycles. The van der Waals surface area contributed by atoms with Gasteiger partial charge in [0.25, 0.3) is 0 Å². The summed E-state index contributed by atoms with van der Waals surface area (Å²) in [6.07, 6.45) is 64.8. The van der Waals surface area contributed by atoms with Gasteiger partial charge in [0.15, 0.2) is 6.10 Å². The highest BCUT2D eigenvalue weighted by molar-refractivity contribution is 5.71. The molecule has 0 aliphatic carbocycles. The van der Waals surface area contributed by atoms with Gasteiger partial charge >= 0.3 is 17.9 Å². The third-order valence-electron chi connectivity index (χ3n) is 9.40. The van der Waals surface area contributed by atoms with Gasteiger partial charge in [-0.2, -0.15) is 0 Å². The number of esters is 3. The second kappa shape index (κ2) is 47.5. The molecule has 0 N–H and O–H groups in total. The average molecular weight is 829 g/mol. The molecular formula is C54H84O6. The van der Waals surface area contributed by atoms with E-state index in [0.29, 0.717) is 19.3 Å². The fraction of sp³-hybridized carbons (Fsp3) is 0.574. The van der Waals surface area contributed by atoms with Gasteiger partial charge in [0.05, 0.1) is 0 Å². The molecule has 0 heterocycles. The summed E-state index contributed by atoms with van der Waals surface area (Å²) < 4.78 is 16.6. The molecule has 60 heavy (non-hydrogen) atoms. The number of hydrogen-bond donors (Lipinski definition) is 0. The van der Waals surface area contributed by atoms with E-state index in [1.807, 2.05) is 91.1 Å². The lowest BCUT2D eigenvalue weighted by Gasteiger charge is -2.18. The van der Waals surface area contributed by atoms with Crippen molar-refractivity contribution in [3.63, 3.8) is 0 Å². The molecule has 6 nitrogen and oxygen atoms in total. The van der Waals surface area contributed by atoms with E-state index in [1.54, 1.807) is 0 Å². The van der Waals surface area contributed by atoms with Crippen molar-refractivity contribution in [1.29, 1.82) is 0 Å². The average Bonchev–Trinajstić information content (AvgIpc) is 3.24. The summed E-state index contributed by atoms with van der Waals surface area (Å²) in [7, 11) is 0. The van der Waals surface area contributed by atoms with E-state index < -0.39 is 12.1 Å². The number of allylic oxidation sites excluding steroid dienone is 20. The Balaban J connectivity index is 4.57. The normalized spacial score (nSPS) is 13.2. The van der Waals surface area contributed by atoms with Gasteiger partial charge in [0, 0.05) is 19.3 Å². The maximum Gasteiger partial charge on any atom is 0.306 e. The molecule has 0 saturated carbocycles. The fourth-order valence-corrected chi connectivity index (χ4v) is 5.89. The van der Waals surface area contributed by atoms with Crippen LogP contribution in [-0.4, -0.2) is 37.2 Å².